The smallest absolute Gasteiger partial charge is 0.270 e. The van der Waals surface area contributed by atoms with Crippen LogP contribution in [0.15, 0.2) is 18.2 Å². The van der Waals surface area contributed by atoms with E-state index in [-0.39, 0.29) is 5.69 Å². The molecule has 0 fully saturated rings. The molecule has 0 spiro atoms. The van der Waals surface area contributed by atoms with E-state index in [1.54, 1.807) is 19.2 Å². The van der Waals surface area contributed by atoms with Crippen LogP contribution in [0.25, 0.3) is 0 Å². The minimum atomic E-state index is -0.401. The van der Waals surface area contributed by atoms with Crippen LogP contribution in [0.3, 0.4) is 0 Å². The van der Waals surface area contributed by atoms with E-state index in [2.05, 4.69) is 5.32 Å². The molecular weight excluding hydrogens is 274 g/mol. The van der Waals surface area contributed by atoms with Crippen molar-refractivity contribution in [1.29, 1.82) is 0 Å². The third-order valence-corrected chi connectivity index (χ3v) is 2.85. The number of nitro benzene ring substituents is 1. The SMILES string of the molecule is COCCNCc1cc([N+](=O)[O-])ccc1OCCN(C)C. The first-order valence-corrected chi connectivity index (χ1v) is 6.79. The minimum Gasteiger partial charge on any atom is -0.492 e. The van der Waals surface area contributed by atoms with Crippen LogP contribution in [0.1, 0.15) is 5.56 Å². The molecule has 0 aliphatic heterocycles. The van der Waals surface area contributed by atoms with Crippen molar-refractivity contribution in [2.24, 2.45) is 0 Å². The Balaban J connectivity index is 2.71. The first-order chi connectivity index (χ1) is 10.0. The van der Waals surface area contributed by atoms with Gasteiger partial charge in [0.25, 0.3) is 5.69 Å². The summed E-state index contributed by atoms with van der Waals surface area (Å²) in [5.74, 6) is 0.673. The van der Waals surface area contributed by atoms with Gasteiger partial charge >= 0.3 is 0 Å². The number of non-ortho nitro benzene ring substituents is 1. The Hall–Kier alpha value is -1.70. The van der Waals surface area contributed by atoms with E-state index in [0.717, 1.165) is 12.1 Å². The molecule has 0 atom stereocenters. The van der Waals surface area contributed by atoms with Gasteiger partial charge in [-0.2, -0.15) is 0 Å². The van der Waals surface area contributed by atoms with Crippen molar-refractivity contribution in [3.05, 3.63) is 33.9 Å². The quantitative estimate of drug-likeness (QED) is 0.398. The predicted molar refractivity (Wildman–Crippen MR) is 80.7 cm³/mol. The van der Waals surface area contributed by atoms with Crippen LogP contribution >= 0.6 is 0 Å². The van der Waals surface area contributed by atoms with Gasteiger partial charge in [0.05, 0.1) is 11.5 Å². The highest BCUT2D eigenvalue weighted by Gasteiger charge is 2.11. The second kappa shape index (κ2) is 9.28. The molecule has 1 N–H and O–H groups in total. The highest BCUT2D eigenvalue weighted by molar-refractivity contribution is 5.43. The van der Waals surface area contributed by atoms with Crippen LogP contribution in [-0.2, 0) is 11.3 Å². The van der Waals surface area contributed by atoms with Crippen molar-refractivity contribution in [1.82, 2.24) is 10.2 Å². The van der Waals surface area contributed by atoms with E-state index in [0.29, 0.717) is 32.1 Å². The zero-order chi connectivity index (χ0) is 15.7. The number of hydrogen-bond donors (Lipinski definition) is 1. The third kappa shape index (κ3) is 6.52. The maximum Gasteiger partial charge on any atom is 0.270 e. The molecule has 7 nitrogen and oxygen atoms in total. The van der Waals surface area contributed by atoms with Gasteiger partial charge in [-0.3, -0.25) is 10.1 Å². The molecule has 1 aromatic rings. The predicted octanol–water partition coefficient (Wildman–Crippen LogP) is 1.27. The minimum absolute atomic E-state index is 0.0681. The zero-order valence-corrected chi connectivity index (χ0v) is 12.8. The van der Waals surface area contributed by atoms with E-state index in [4.69, 9.17) is 9.47 Å². The number of benzene rings is 1. The lowest BCUT2D eigenvalue weighted by atomic mass is 10.1. The summed E-state index contributed by atoms with van der Waals surface area (Å²) < 4.78 is 10.7. The topological polar surface area (TPSA) is 76.9 Å². The average Bonchev–Trinajstić information content (AvgIpc) is 2.44. The molecule has 0 amide bonds. The molecule has 1 aromatic carbocycles. The number of nitro groups is 1. The van der Waals surface area contributed by atoms with E-state index in [1.165, 1.54) is 6.07 Å². The van der Waals surface area contributed by atoms with Crippen LogP contribution in [0.5, 0.6) is 5.75 Å². The molecule has 0 heterocycles. The van der Waals surface area contributed by atoms with Crippen LogP contribution in [0.4, 0.5) is 5.69 Å². The summed E-state index contributed by atoms with van der Waals surface area (Å²) in [6.07, 6.45) is 0. The molecule has 21 heavy (non-hydrogen) atoms. The average molecular weight is 297 g/mol. The summed E-state index contributed by atoms with van der Waals surface area (Å²) in [7, 11) is 5.56. The second-order valence-electron chi connectivity index (χ2n) is 4.87. The maximum atomic E-state index is 10.9. The molecular formula is C14H23N3O4. The molecule has 0 bridgehead atoms. The lowest BCUT2D eigenvalue weighted by Gasteiger charge is -2.14. The van der Waals surface area contributed by atoms with Gasteiger partial charge in [-0.05, 0) is 20.2 Å². The van der Waals surface area contributed by atoms with Crippen molar-refractivity contribution in [3.63, 3.8) is 0 Å². The number of ether oxygens (including phenoxy) is 2. The fourth-order valence-corrected chi connectivity index (χ4v) is 1.69. The fraction of sp³-hybridized carbons (Fsp3) is 0.571. The molecule has 0 saturated heterocycles. The van der Waals surface area contributed by atoms with Gasteiger partial charge < -0.3 is 19.7 Å². The summed E-state index contributed by atoms with van der Waals surface area (Å²) in [4.78, 5) is 12.5. The van der Waals surface area contributed by atoms with Crippen molar-refractivity contribution in [2.45, 2.75) is 6.54 Å². The first-order valence-electron chi connectivity index (χ1n) is 6.79. The zero-order valence-electron chi connectivity index (χ0n) is 12.8. The lowest BCUT2D eigenvalue weighted by Crippen LogP contribution is -2.21. The fourth-order valence-electron chi connectivity index (χ4n) is 1.69. The molecule has 0 aromatic heterocycles. The van der Waals surface area contributed by atoms with Crippen molar-refractivity contribution >= 4 is 5.69 Å². The van der Waals surface area contributed by atoms with Gasteiger partial charge in [0.15, 0.2) is 0 Å². The Labute approximate surface area is 125 Å². The van der Waals surface area contributed by atoms with Crippen molar-refractivity contribution in [3.8, 4) is 5.75 Å². The first kappa shape index (κ1) is 17.4. The molecule has 0 radical (unpaired) electrons. The summed E-state index contributed by atoms with van der Waals surface area (Å²) >= 11 is 0. The van der Waals surface area contributed by atoms with Crippen LogP contribution in [0.2, 0.25) is 0 Å². The van der Waals surface area contributed by atoms with Gasteiger partial charge in [0, 0.05) is 44.4 Å². The van der Waals surface area contributed by atoms with Gasteiger partial charge in [0.1, 0.15) is 12.4 Å². The largest absolute Gasteiger partial charge is 0.492 e. The standard InChI is InChI=1S/C14H23N3O4/c1-16(2)7-9-21-14-5-4-13(17(18)19)10-12(14)11-15-6-8-20-3/h4-5,10,15H,6-9,11H2,1-3H3. The summed E-state index contributed by atoms with van der Waals surface area (Å²) in [5.41, 5.74) is 0.845. The maximum absolute atomic E-state index is 10.9. The van der Waals surface area contributed by atoms with Crippen LogP contribution in [0, 0.1) is 10.1 Å². The highest BCUT2D eigenvalue weighted by atomic mass is 16.6. The molecule has 0 unspecified atom stereocenters. The summed E-state index contributed by atoms with van der Waals surface area (Å²) in [6, 6.07) is 4.66. The number of methoxy groups -OCH3 is 1. The van der Waals surface area contributed by atoms with Gasteiger partial charge in [0.2, 0.25) is 0 Å². The molecule has 1 rings (SSSR count). The summed E-state index contributed by atoms with van der Waals surface area (Å²) in [6.45, 7) is 3.09. The van der Waals surface area contributed by atoms with Crippen molar-refractivity contribution < 1.29 is 14.4 Å². The van der Waals surface area contributed by atoms with E-state index in [9.17, 15) is 10.1 Å². The third-order valence-electron chi connectivity index (χ3n) is 2.85. The molecule has 0 aliphatic rings. The molecule has 0 saturated carbocycles. The Morgan fingerprint density at radius 2 is 2.10 bits per heavy atom. The van der Waals surface area contributed by atoms with Crippen molar-refractivity contribution in [2.75, 3.05) is 47.5 Å². The Morgan fingerprint density at radius 3 is 2.71 bits per heavy atom. The normalized spacial score (nSPS) is 10.9. The monoisotopic (exact) mass is 297 g/mol. The van der Waals surface area contributed by atoms with E-state index >= 15 is 0 Å². The van der Waals surface area contributed by atoms with Gasteiger partial charge in [-0.1, -0.05) is 0 Å². The Bertz CT molecular complexity index is 452. The van der Waals surface area contributed by atoms with E-state index in [1.807, 2.05) is 19.0 Å². The highest BCUT2D eigenvalue weighted by Crippen LogP contribution is 2.24. The Kier molecular flexibility index (Phi) is 7.66. The number of hydrogen-bond acceptors (Lipinski definition) is 6. The molecule has 118 valence electrons. The second-order valence-corrected chi connectivity index (χ2v) is 4.87. The number of likely N-dealkylation sites (N-methyl/N-ethyl adjacent to an activating group) is 1. The van der Waals surface area contributed by atoms with Gasteiger partial charge in [-0.15, -0.1) is 0 Å². The lowest BCUT2D eigenvalue weighted by molar-refractivity contribution is -0.384. The summed E-state index contributed by atoms with van der Waals surface area (Å²) in [5, 5.41) is 14.0. The van der Waals surface area contributed by atoms with Crippen LogP contribution in [-0.4, -0.2) is 57.3 Å². The number of nitrogens with one attached hydrogen (secondary N) is 1. The number of nitrogens with zero attached hydrogens (tertiary/aromatic N) is 2. The van der Waals surface area contributed by atoms with Gasteiger partial charge in [-0.25, -0.2) is 0 Å². The van der Waals surface area contributed by atoms with Crippen LogP contribution < -0.4 is 10.1 Å². The Morgan fingerprint density at radius 1 is 1.33 bits per heavy atom. The molecule has 0 aliphatic carbocycles. The molecule has 7 heteroatoms. The number of rotatable bonds is 10. The van der Waals surface area contributed by atoms with E-state index < -0.39 is 4.92 Å².